The Bertz CT molecular complexity index is 566. The molecule has 2 aromatic rings. The largest absolute Gasteiger partial charge is 0.478 e. The minimum Gasteiger partial charge on any atom is -0.478 e. The van der Waals surface area contributed by atoms with Crippen LogP contribution in [0.1, 0.15) is 21.6 Å². The zero-order chi connectivity index (χ0) is 12.4. The second kappa shape index (κ2) is 4.77. The highest BCUT2D eigenvalue weighted by Crippen LogP contribution is 2.23. The van der Waals surface area contributed by atoms with Crippen molar-refractivity contribution in [2.75, 3.05) is 0 Å². The van der Waals surface area contributed by atoms with Crippen molar-refractivity contribution >= 4 is 29.2 Å². The average molecular weight is 271 g/mol. The third-order valence-corrected chi connectivity index (χ3v) is 2.92. The summed E-state index contributed by atoms with van der Waals surface area (Å²) in [5.41, 5.74) is 1.46. The van der Waals surface area contributed by atoms with Crippen molar-refractivity contribution in [1.82, 2.24) is 10.2 Å². The molecule has 0 fully saturated rings. The Balaban J connectivity index is 2.31. The minimum atomic E-state index is -1.01. The third-order valence-electron chi connectivity index (χ3n) is 2.33. The Morgan fingerprint density at radius 1 is 1.41 bits per heavy atom. The lowest BCUT2D eigenvalue weighted by atomic mass is 10.1. The SMILES string of the molecule is O=C(O)c1cn[nH]c1Cc1ccc(Cl)cc1Cl. The maximum absolute atomic E-state index is 10.9. The summed E-state index contributed by atoms with van der Waals surface area (Å²) in [4.78, 5) is 10.9. The molecule has 0 saturated heterocycles. The molecule has 6 heteroatoms. The van der Waals surface area contributed by atoms with Gasteiger partial charge < -0.3 is 5.11 Å². The molecule has 0 unspecified atom stereocenters. The lowest BCUT2D eigenvalue weighted by Gasteiger charge is -2.04. The zero-order valence-electron chi connectivity index (χ0n) is 8.58. The zero-order valence-corrected chi connectivity index (χ0v) is 10.1. The van der Waals surface area contributed by atoms with Crippen LogP contribution >= 0.6 is 23.2 Å². The summed E-state index contributed by atoms with van der Waals surface area (Å²) in [5.74, 6) is -1.01. The average Bonchev–Trinajstić information content (AvgIpc) is 2.70. The van der Waals surface area contributed by atoms with E-state index in [0.29, 0.717) is 22.2 Å². The number of nitrogens with zero attached hydrogens (tertiary/aromatic N) is 1. The summed E-state index contributed by atoms with van der Waals surface area (Å²) >= 11 is 11.8. The van der Waals surface area contributed by atoms with Crippen LogP contribution < -0.4 is 0 Å². The number of H-pyrrole nitrogens is 1. The maximum Gasteiger partial charge on any atom is 0.339 e. The van der Waals surface area contributed by atoms with E-state index >= 15 is 0 Å². The van der Waals surface area contributed by atoms with Crippen LogP contribution in [0.4, 0.5) is 0 Å². The van der Waals surface area contributed by atoms with Crippen molar-refractivity contribution in [3.05, 3.63) is 51.3 Å². The minimum absolute atomic E-state index is 0.149. The van der Waals surface area contributed by atoms with Gasteiger partial charge in [0.05, 0.1) is 11.9 Å². The maximum atomic E-state index is 10.9. The summed E-state index contributed by atoms with van der Waals surface area (Å²) in [6.07, 6.45) is 1.65. The molecule has 0 bridgehead atoms. The molecule has 0 atom stereocenters. The molecule has 4 nitrogen and oxygen atoms in total. The molecule has 2 N–H and O–H groups in total. The molecule has 0 spiro atoms. The molecule has 1 aromatic heterocycles. The number of benzene rings is 1. The van der Waals surface area contributed by atoms with Gasteiger partial charge in [0.1, 0.15) is 5.56 Å². The van der Waals surface area contributed by atoms with Crippen LogP contribution in [-0.2, 0) is 6.42 Å². The molecule has 2 rings (SSSR count). The van der Waals surface area contributed by atoms with E-state index in [2.05, 4.69) is 10.2 Å². The van der Waals surface area contributed by atoms with Gasteiger partial charge in [-0.1, -0.05) is 29.3 Å². The van der Waals surface area contributed by atoms with E-state index in [-0.39, 0.29) is 5.56 Å². The van der Waals surface area contributed by atoms with Crippen molar-refractivity contribution < 1.29 is 9.90 Å². The fourth-order valence-corrected chi connectivity index (χ4v) is 1.96. The molecule has 0 radical (unpaired) electrons. The molecule has 88 valence electrons. The lowest BCUT2D eigenvalue weighted by Crippen LogP contribution is -2.01. The first-order valence-corrected chi connectivity index (χ1v) is 5.53. The van der Waals surface area contributed by atoms with E-state index in [0.717, 1.165) is 5.56 Å². The molecule has 0 aliphatic rings. The van der Waals surface area contributed by atoms with Crippen LogP contribution in [0, 0.1) is 0 Å². The topological polar surface area (TPSA) is 66.0 Å². The lowest BCUT2D eigenvalue weighted by molar-refractivity contribution is 0.0696. The third kappa shape index (κ3) is 2.60. The van der Waals surface area contributed by atoms with Crippen molar-refractivity contribution in [3.8, 4) is 0 Å². The van der Waals surface area contributed by atoms with Crippen molar-refractivity contribution in [3.63, 3.8) is 0 Å². The Kier molecular flexibility index (Phi) is 3.36. The number of aromatic carboxylic acids is 1. The number of nitrogens with one attached hydrogen (secondary N) is 1. The molecular weight excluding hydrogens is 263 g/mol. The van der Waals surface area contributed by atoms with E-state index in [1.165, 1.54) is 6.20 Å². The van der Waals surface area contributed by atoms with E-state index < -0.39 is 5.97 Å². The van der Waals surface area contributed by atoms with E-state index in [4.69, 9.17) is 28.3 Å². The Hall–Kier alpha value is -1.52. The monoisotopic (exact) mass is 270 g/mol. The second-order valence-corrected chi connectivity index (χ2v) is 4.32. The van der Waals surface area contributed by atoms with Gasteiger partial charge in [0.25, 0.3) is 0 Å². The van der Waals surface area contributed by atoms with Crippen LogP contribution in [0.5, 0.6) is 0 Å². The first-order valence-electron chi connectivity index (χ1n) is 4.77. The molecule has 0 saturated carbocycles. The number of hydrogen-bond donors (Lipinski definition) is 2. The van der Waals surface area contributed by atoms with Crippen LogP contribution in [0.2, 0.25) is 10.0 Å². The van der Waals surface area contributed by atoms with Crippen LogP contribution in [0.25, 0.3) is 0 Å². The molecule has 1 heterocycles. The Morgan fingerprint density at radius 3 is 2.82 bits per heavy atom. The summed E-state index contributed by atoms with van der Waals surface area (Å²) in [6, 6.07) is 5.09. The number of hydrogen-bond acceptors (Lipinski definition) is 2. The Morgan fingerprint density at radius 2 is 2.18 bits per heavy atom. The van der Waals surface area contributed by atoms with Crippen molar-refractivity contribution in [2.45, 2.75) is 6.42 Å². The number of aromatic amines is 1. The van der Waals surface area contributed by atoms with Crippen molar-refractivity contribution in [2.24, 2.45) is 0 Å². The summed E-state index contributed by atoms with van der Waals surface area (Å²) in [5, 5.41) is 16.3. The van der Waals surface area contributed by atoms with Gasteiger partial charge in [-0.15, -0.1) is 0 Å². The van der Waals surface area contributed by atoms with E-state index in [9.17, 15) is 4.79 Å². The van der Waals surface area contributed by atoms with Gasteiger partial charge in [0.15, 0.2) is 0 Å². The van der Waals surface area contributed by atoms with E-state index in [1.807, 2.05) is 0 Å². The smallest absolute Gasteiger partial charge is 0.339 e. The quantitative estimate of drug-likeness (QED) is 0.901. The standard InChI is InChI=1S/C11H8Cl2N2O2/c12-7-2-1-6(9(13)4-7)3-10-8(11(16)17)5-14-15-10/h1-2,4-5H,3H2,(H,14,15)(H,16,17). The fourth-order valence-electron chi connectivity index (χ4n) is 1.49. The molecular formula is C11H8Cl2N2O2. The summed E-state index contributed by atoms with van der Waals surface area (Å²) in [7, 11) is 0. The van der Waals surface area contributed by atoms with Gasteiger partial charge in [-0.2, -0.15) is 5.10 Å². The first kappa shape index (κ1) is 12.0. The van der Waals surface area contributed by atoms with Crippen LogP contribution in [0.15, 0.2) is 24.4 Å². The number of carboxylic acids is 1. The summed E-state index contributed by atoms with van der Waals surface area (Å²) in [6.45, 7) is 0. The van der Waals surface area contributed by atoms with Gasteiger partial charge in [-0.05, 0) is 17.7 Å². The fraction of sp³-hybridized carbons (Fsp3) is 0.0909. The highest BCUT2D eigenvalue weighted by atomic mass is 35.5. The first-order chi connectivity index (χ1) is 8.08. The van der Waals surface area contributed by atoms with Crippen LogP contribution in [-0.4, -0.2) is 21.3 Å². The van der Waals surface area contributed by atoms with Gasteiger partial charge >= 0.3 is 5.97 Å². The predicted molar refractivity (Wildman–Crippen MR) is 64.8 cm³/mol. The number of carbonyl (C=O) groups is 1. The predicted octanol–water partition coefficient (Wildman–Crippen LogP) is 3.01. The number of aromatic nitrogens is 2. The van der Waals surface area contributed by atoms with Gasteiger partial charge in [-0.3, -0.25) is 5.10 Å². The highest BCUT2D eigenvalue weighted by molar-refractivity contribution is 6.35. The number of rotatable bonds is 3. The number of carboxylic acid groups (broad SMARTS) is 1. The number of halogens is 2. The van der Waals surface area contributed by atoms with Gasteiger partial charge in [-0.25, -0.2) is 4.79 Å². The van der Waals surface area contributed by atoms with Gasteiger partial charge in [0.2, 0.25) is 0 Å². The Labute approximate surface area is 107 Å². The van der Waals surface area contributed by atoms with E-state index in [1.54, 1.807) is 18.2 Å². The highest BCUT2D eigenvalue weighted by Gasteiger charge is 2.13. The molecule has 0 aliphatic carbocycles. The van der Waals surface area contributed by atoms with Crippen LogP contribution in [0.3, 0.4) is 0 Å². The molecule has 1 aromatic carbocycles. The van der Waals surface area contributed by atoms with Crippen molar-refractivity contribution in [1.29, 1.82) is 0 Å². The molecule has 0 amide bonds. The van der Waals surface area contributed by atoms with Gasteiger partial charge in [0, 0.05) is 16.5 Å². The molecule has 17 heavy (non-hydrogen) atoms. The molecule has 0 aliphatic heterocycles. The normalized spacial score (nSPS) is 10.5. The second-order valence-electron chi connectivity index (χ2n) is 3.48. The summed E-state index contributed by atoms with van der Waals surface area (Å²) < 4.78 is 0.